The number of nitrogens with zero attached hydrogens (tertiary/aromatic N) is 2. The van der Waals surface area contributed by atoms with E-state index in [1.807, 2.05) is 0 Å². The Kier molecular flexibility index (Phi) is 3.13. The van der Waals surface area contributed by atoms with Crippen molar-refractivity contribution in [2.45, 2.75) is 18.4 Å². The molecule has 2 aromatic rings. The summed E-state index contributed by atoms with van der Waals surface area (Å²) in [6.45, 7) is 1.40. The molecule has 0 saturated carbocycles. The second-order valence-electron chi connectivity index (χ2n) is 4.57. The number of halogens is 1. The molecule has 20 heavy (non-hydrogen) atoms. The molecule has 0 aliphatic carbocycles. The lowest BCUT2D eigenvalue weighted by molar-refractivity contribution is -0.114. The summed E-state index contributed by atoms with van der Waals surface area (Å²) in [6.07, 6.45) is 0. The molecule has 1 atom stereocenters. The lowest BCUT2D eigenvalue weighted by Gasteiger charge is -2.09. The minimum absolute atomic E-state index is 0.228. The van der Waals surface area contributed by atoms with E-state index in [1.54, 1.807) is 16.8 Å². The number of benzene rings is 1. The topological polar surface area (TPSA) is 64.0 Å². The Morgan fingerprint density at radius 1 is 1.35 bits per heavy atom. The van der Waals surface area contributed by atoms with Gasteiger partial charge in [-0.25, -0.2) is 9.07 Å². The van der Waals surface area contributed by atoms with Crippen LogP contribution in [0.5, 0.6) is 0 Å². The van der Waals surface area contributed by atoms with Crippen LogP contribution in [0.1, 0.15) is 18.2 Å². The van der Waals surface area contributed by atoms with Crippen molar-refractivity contribution in [1.82, 2.24) is 9.78 Å². The molecule has 0 bridgehead atoms. The summed E-state index contributed by atoms with van der Waals surface area (Å²) in [5.41, 5.74) is 2.16. The first-order chi connectivity index (χ1) is 9.54. The summed E-state index contributed by atoms with van der Waals surface area (Å²) in [5.74, 6) is 0.719. The van der Waals surface area contributed by atoms with Gasteiger partial charge in [-0.1, -0.05) is 0 Å². The molecule has 0 saturated heterocycles. The minimum Gasteiger partial charge on any atom is -0.311 e. The molecule has 1 aliphatic rings. The normalized spacial score (nSPS) is 17.0. The molecule has 5 nitrogen and oxygen atoms in total. The maximum absolute atomic E-state index is 13.0. The molecule has 0 spiro atoms. The molecule has 3 rings (SSSR count). The van der Waals surface area contributed by atoms with E-state index in [0.29, 0.717) is 23.0 Å². The van der Waals surface area contributed by atoms with E-state index in [9.17, 15) is 13.4 Å². The quantitative estimate of drug-likeness (QED) is 0.917. The van der Waals surface area contributed by atoms with Gasteiger partial charge in [0, 0.05) is 23.3 Å². The van der Waals surface area contributed by atoms with Crippen molar-refractivity contribution in [1.29, 1.82) is 0 Å². The highest BCUT2D eigenvalue weighted by atomic mass is 32.2. The summed E-state index contributed by atoms with van der Waals surface area (Å²) < 4.78 is 26.1. The van der Waals surface area contributed by atoms with E-state index < -0.39 is 10.8 Å². The van der Waals surface area contributed by atoms with Gasteiger partial charge in [-0.05, 0) is 24.3 Å². The highest BCUT2D eigenvalue weighted by Gasteiger charge is 2.27. The summed E-state index contributed by atoms with van der Waals surface area (Å²) >= 11 is 0. The Morgan fingerprint density at radius 2 is 2.05 bits per heavy atom. The Bertz CT molecular complexity index is 709. The van der Waals surface area contributed by atoms with Crippen LogP contribution in [-0.2, 0) is 27.1 Å². The molecule has 1 aliphatic heterocycles. The molecule has 0 fully saturated rings. The first-order valence-electron chi connectivity index (χ1n) is 6.04. The van der Waals surface area contributed by atoms with E-state index in [2.05, 4.69) is 10.4 Å². The van der Waals surface area contributed by atoms with Gasteiger partial charge < -0.3 is 5.32 Å². The third-order valence-corrected chi connectivity index (χ3v) is 4.24. The van der Waals surface area contributed by atoms with Crippen LogP contribution in [0.3, 0.4) is 0 Å². The average molecular weight is 293 g/mol. The van der Waals surface area contributed by atoms with Crippen LogP contribution in [0.25, 0.3) is 5.69 Å². The lowest BCUT2D eigenvalue weighted by atomic mass is 10.2. The fourth-order valence-corrected chi connectivity index (χ4v) is 3.46. The maximum Gasteiger partial charge on any atom is 0.222 e. The zero-order valence-corrected chi connectivity index (χ0v) is 11.5. The van der Waals surface area contributed by atoms with Gasteiger partial charge in [-0.3, -0.25) is 9.00 Å². The Labute approximate surface area is 117 Å². The molecule has 104 valence electrons. The summed E-state index contributed by atoms with van der Waals surface area (Å²) in [5, 5.41) is 7.10. The van der Waals surface area contributed by atoms with Gasteiger partial charge in [-0.2, -0.15) is 5.10 Å². The van der Waals surface area contributed by atoms with Crippen LogP contribution < -0.4 is 5.32 Å². The molecule has 0 radical (unpaired) electrons. The number of amides is 1. The molecule has 1 aromatic carbocycles. The highest BCUT2D eigenvalue weighted by Crippen LogP contribution is 2.31. The third-order valence-electron chi connectivity index (χ3n) is 3.04. The van der Waals surface area contributed by atoms with Crippen molar-refractivity contribution in [3.8, 4) is 5.69 Å². The zero-order valence-electron chi connectivity index (χ0n) is 10.7. The standard InChI is InChI=1S/C13H12FN3O2S/c1-8(18)15-13-11-6-20(19)7-12(11)16-17(13)10-4-2-9(14)3-5-10/h2-5H,6-7H2,1H3,(H,15,18). The number of hydrogen-bond donors (Lipinski definition) is 1. The largest absolute Gasteiger partial charge is 0.311 e. The van der Waals surface area contributed by atoms with Crippen LogP contribution in [-0.4, -0.2) is 19.9 Å². The summed E-state index contributed by atoms with van der Waals surface area (Å²) in [7, 11) is -0.969. The van der Waals surface area contributed by atoms with Crippen molar-refractivity contribution in [2.75, 3.05) is 5.32 Å². The molecular weight excluding hydrogens is 281 g/mol. The number of nitrogens with one attached hydrogen (secondary N) is 1. The first-order valence-corrected chi connectivity index (χ1v) is 7.52. The smallest absolute Gasteiger partial charge is 0.222 e. The molecule has 1 amide bonds. The van der Waals surface area contributed by atoms with Gasteiger partial charge in [-0.15, -0.1) is 0 Å². The predicted octanol–water partition coefficient (Wildman–Crippen LogP) is 1.73. The monoisotopic (exact) mass is 293 g/mol. The second kappa shape index (κ2) is 4.82. The maximum atomic E-state index is 13.0. The van der Waals surface area contributed by atoms with Crippen molar-refractivity contribution in [3.05, 3.63) is 41.3 Å². The molecular formula is C13H12FN3O2S. The fourth-order valence-electron chi connectivity index (χ4n) is 2.19. The average Bonchev–Trinajstić information content (AvgIpc) is 2.88. The molecule has 1 N–H and O–H groups in total. The molecule has 2 heterocycles. The van der Waals surface area contributed by atoms with Crippen LogP contribution in [0.4, 0.5) is 10.2 Å². The number of rotatable bonds is 2. The SMILES string of the molecule is CC(=O)Nc1c2c(nn1-c1ccc(F)cc1)CS(=O)C2. The zero-order chi connectivity index (χ0) is 14.3. The Morgan fingerprint density at radius 3 is 2.70 bits per heavy atom. The van der Waals surface area contributed by atoms with E-state index in [0.717, 1.165) is 11.3 Å². The lowest BCUT2D eigenvalue weighted by Crippen LogP contribution is -2.13. The third kappa shape index (κ3) is 2.24. The second-order valence-corrected chi connectivity index (χ2v) is 6.03. The Hall–Kier alpha value is -2.02. The van der Waals surface area contributed by atoms with Crippen molar-refractivity contribution < 1.29 is 13.4 Å². The van der Waals surface area contributed by atoms with Gasteiger partial charge in [0.1, 0.15) is 11.6 Å². The molecule has 1 aromatic heterocycles. The molecule has 1 unspecified atom stereocenters. The number of carbonyl (C=O) groups excluding carboxylic acids is 1. The Balaban J connectivity index is 2.11. The number of anilines is 1. The van der Waals surface area contributed by atoms with Crippen molar-refractivity contribution in [2.24, 2.45) is 0 Å². The number of hydrogen-bond acceptors (Lipinski definition) is 3. The van der Waals surface area contributed by atoms with E-state index >= 15 is 0 Å². The first kappa shape index (κ1) is 13.0. The summed E-state index contributed by atoms with van der Waals surface area (Å²) in [6, 6.07) is 5.83. The van der Waals surface area contributed by atoms with Gasteiger partial charge >= 0.3 is 0 Å². The molecule has 7 heteroatoms. The van der Waals surface area contributed by atoms with E-state index in [1.165, 1.54) is 19.1 Å². The van der Waals surface area contributed by atoms with E-state index in [4.69, 9.17) is 0 Å². The van der Waals surface area contributed by atoms with Gasteiger partial charge in [0.15, 0.2) is 0 Å². The van der Waals surface area contributed by atoms with Crippen LogP contribution in [0.2, 0.25) is 0 Å². The van der Waals surface area contributed by atoms with Gasteiger partial charge in [0.05, 0.1) is 22.9 Å². The van der Waals surface area contributed by atoms with Gasteiger partial charge in [0.2, 0.25) is 5.91 Å². The van der Waals surface area contributed by atoms with Crippen LogP contribution in [0, 0.1) is 5.82 Å². The van der Waals surface area contributed by atoms with Crippen LogP contribution in [0.15, 0.2) is 24.3 Å². The number of aromatic nitrogens is 2. The van der Waals surface area contributed by atoms with Crippen molar-refractivity contribution >= 4 is 22.5 Å². The predicted molar refractivity (Wildman–Crippen MR) is 73.4 cm³/mol. The summed E-state index contributed by atoms with van der Waals surface area (Å²) in [4.78, 5) is 11.3. The number of carbonyl (C=O) groups is 1. The van der Waals surface area contributed by atoms with Crippen molar-refractivity contribution in [3.63, 3.8) is 0 Å². The number of fused-ring (bicyclic) bond motifs is 1. The highest BCUT2D eigenvalue weighted by molar-refractivity contribution is 7.83. The van der Waals surface area contributed by atoms with Gasteiger partial charge in [0.25, 0.3) is 0 Å². The van der Waals surface area contributed by atoms with Crippen LogP contribution >= 0.6 is 0 Å². The minimum atomic E-state index is -0.969. The van der Waals surface area contributed by atoms with E-state index in [-0.39, 0.29) is 11.7 Å². The fraction of sp³-hybridized carbons (Fsp3) is 0.231.